The molecule has 1 aromatic heterocycles. The summed E-state index contributed by atoms with van der Waals surface area (Å²) in [6, 6.07) is 15.0. The quantitative estimate of drug-likeness (QED) is 0.652. The first-order chi connectivity index (χ1) is 13.5. The molecule has 1 aliphatic carbocycles. The number of aliphatic hydroxyl groups excluding tert-OH is 1. The van der Waals surface area contributed by atoms with Crippen LogP contribution >= 0.6 is 15.9 Å². The van der Waals surface area contributed by atoms with Crippen LogP contribution in [0.1, 0.15) is 35.2 Å². The number of halogens is 1. The molecule has 1 saturated carbocycles. The van der Waals surface area contributed by atoms with Gasteiger partial charge in [0, 0.05) is 22.6 Å². The van der Waals surface area contributed by atoms with Crippen molar-refractivity contribution < 1.29 is 9.90 Å². The zero-order chi connectivity index (χ0) is 19.7. The van der Waals surface area contributed by atoms with Crippen LogP contribution in [0.25, 0.3) is 10.9 Å². The minimum Gasteiger partial charge on any atom is -0.391 e. The Morgan fingerprint density at radius 3 is 2.61 bits per heavy atom. The Morgan fingerprint density at radius 1 is 1.14 bits per heavy atom. The van der Waals surface area contributed by atoms with E-state index in [9.17, 15) is 14.7 Å². The summed E-state index contributed by atoms with van der Waals surface area (Å²) in [5, 5.41) is 13.3. The summed E-state index contributed by atoms with van der Waals surface area (Å²) in [6.07, 6.45) is 3.36. The van der Waals surface area contributed by atoms with E-state index in [0.717, 1.165) is 28.4 Å². The van der Waals surface area contributed by atoms with E-state index in [1.54, 1.807) is 18.3 Å². The fourth-order valence-corrected chi connectivity index (χ4v) is 4.04. The summed E-state index contributed by atoms with van der Waals surface area (Å²) in [5.74, 6) is -0.425. The van der Waals surface area contributed by atoms with Crippen molar-refractivity contribution in [3.8, 4) is 0 Å². The molecule has 144 valence electrons. The van der Waals surface area contributed by atoms with Gasteiger partial charge in [-0.05, 0) is 49.1 Å². The van der Waals surface area contributed by atoms with E-state index in [-0.39, 0.29) is 17.0 Å². The van der Waals surface area contributed by atoms with Gasteiger partial charge in [0.05, 0.1) is 17.7 Å². The first-order valence-electron chi connectivity index (χ1n) is 9.38. The minimum absolute atomic E-state index is 0.106. The fourth-order valence-electron chi connectivity index (χ4n) is 3.78. The Balaban J connectivity index is 1.74. The van der Waals surface area contributed by atoms with Gasteiger partial charge in [-0.25, -0.2) is 0 Å². The van der Waals surface area contributed by atoms with E-state index in [1.165, 1.54) is 0 Å². The molecule has 3 aromatic rings. The number of hydrogen-bond acceptors (Lipinski definition) is 3. The van der Waals surface area contributed by atoms with Crippen molar-refractivity contribution in [2.75, 3.05) is 0 Å². The summed E-state index contributed by atoms with van der Waals surface area (Å²) in [4.78, 5) is 25.7. The number of aromatic nitrogens is 1. The first-order valence-corrected chi connectivity index (χ1v) is 10.2. The first kappa shape index (κ1) is 18.9. The molecule has 4 rings (SSSR count). The lowest BCUT2D eigenvalue weighted by molar-refractivity contribution is 0.0871. The third-order valence-electron chi connectivity index (χ3n) is 5.29. The van der Waals surface area contributed by atoms with Crippen molar-refractivity contribution in [1.29, 1.82) is 0 Å². The molecular formula is C22H21BrN2O3. The molecule has 2 unspecified atom stereocenters. The molecule has 1 amide bonds. The zero-order valence-corrected chi connectivity index (χ0v) is 16.9. The number of carbonyl (C=O) groups is 1. The van der Waals surface area contributed by atoms with Crippen molar-refractivity contribution in [3.63, 3.8) is 0 Å². The maximum Gasteiger partial charge on any atom is 0.257 e. The molecule has 2 atom stereocenters. The molecular weight excluding hydrogens is 420 g/mol. The molecule has 1 heterocycles. The molecule has 2 N–H and O–H groups in total. The van der Waals surface area contributed by atoms with Crippen LogP contribution < -0.4 is 10.7 Å². The molecule has 0 aliphatic heterocycles. The highest BCUT2D eigenvalue weighted by molar-refractivity contribution is 9.10. The van der Waals surface area contributed by atoms with Gasteiger partial charge in [0.1, 0.15) is 5.56 Å². The predicted octanol–water partition coefficient (Wildman–Crippen LogP) is 3.46. The molecule has 2 aromatic carbocycles. The van der Waals surface area contributed by atoms with Crippen LogP contribution in [0.4, 0.5) is 0 Å². The lowest BCUT2D eigenvalue weighted by Gasteiger charge is -2.18. The standard InChI is InChI=1S/C22H21BrN2O3/c23-15-10-8-14(9-11-15)12-25-13-17(21(27)16-4-1-2-6-19(16)25)22(28)24-18-5-3-7-20(18)26/h1-2,4,6,8-11,13,18,20,26H,3,5,7,12H2,(H,24,28). The molecule has 28 heavy (non-hydrogen) atoms. The van der Waals surface area contributed by atoms with E-state index in [1.807, 2.05) is 41.0 Å². The zero-order valence-electron chi connectivity index (χ0n) is 15.3. The lowest BCUT2D eigenvalue weighted by atomic mass is 10.1. The normalized spacial score (nSPS) is 19.1. The van der Waals surface area contributed by atoms with Crippen LogP contribution in [0, 0.1) is 0 Å². The summed E-state index contributed by atoms with van der Waals surface area (Å²) < 4.78 is 2.93. The molecule has 0 spiro atoms. The topological polar surface area (TPSA) is 71.3 Å². The third-order valence-corrected chi connectivity index (χ3v) is 5.82. The average molecular weight is 441 g/mol. The van der Waals surface area contributed by atoms with Crippen LogP contribution in [0.2, 0.25) is 0 Å². The van der Waals surface area contributed by atoms with Crippen LogP contribution in [0.5, 0.6) is 0 Å². The van der Waals surface area contributed by atoms with Crippen molar-refractivity contribution in [3.05, 3.63) is 80.6 Å². The van der Waals surface area contributed by atoms with Gasteiger partial charge in [-0.1, -0.05) is 40.2 Å². The van der Waals surface area contributed by atoms with E-state index >= 15 is 0 Å². The van der Waals surface area contributed by atoms with Gasteiger partial charge in [-0.15, -0.1) is 0 Å². The Kier molecular flexibility index (Phi) is 5.33. The summed E-state index contributed by atoms with van der Waals surface area (Å²) >= 11 is 3.44. The van der Waals surface area contributed by atoms with Gasteiger partial charge >= 0.3 is 0 Å². The van der Waals surface area contributed by atoms with Crippen LogP contribution in [0.3, 0.4) is 0 Å². The summed E-state index contributed by atoms with van der Waals surface area (Å²) in [6.45, 7) is 0.542. The Bertz CT molecular complexity index is 1080. The number of aliphatic hydroxyl groups is 1. The van der Waals surface area contributed by atoms with E-state index < -0.39 is 12.0 Å². The van der Waals surface area contributed by atoms with E-state index in [0.29, 0.717) is 18.4 Å². The van der Waals surface area contributed by atoms with Gasteiger partial charge in [-0.3, -0.25) is 9.59 Å². The molecule has 0 saturated heterocycles. The number of nitrogens with one attached hydrogen (secondary N) is 1. The van der Waals surface area contributed by atoms with Gasteiger partial charge in [-0.2, -0.15) is 0 Å². The smallest absolute Gasteiger partial charge is 0.257 e. The van der Waals surface area contributed by atoms with E-state index in [2.05, 4.69) is 21.2 Å². The number of para-hydroxylation sites is 1. The Morgan fingerprint density at radius 2 is 1.89 bits per heavy atom. The third kappa shape index (κ3) is 3.75. The monoisotopic (exact) mass is 440 g/mol. The maximum absolute atomic E-state index is 12.9. The number of benzene rings is 2. The molecule has 5 nitrogen and oxygen atoms in total. The van der Waals surface area contributed by atoms with Crippen molar-refractivity contribution in [2.24, 2.45) is 0 Å². The van der Waals surface area contributed by atoms with Crippen LogP contribution in [0.15, 0.2) is 64.0 Å². The van der Waals surface area contributed by atoms with Crippen LogP contribution in [-0.4, -0.2) is 27.7 Å². The predicted molar refractivity (Wildman–Crippen MR) is 113 cm³/mol. The van der Waals surface area contributed by atoms with Crippen LogP contribution in [-0.2, 0) is 6.54 Å². The SMILES string of the molecule is O=C(NC1CCCC1O)c1cn(Cc2ccc(Br)cc2)c2ccccc2c1=O. The summed E-state index contributed by atoms with van der Waals surface area (Å²) in [5.41, 5.74) is 1.67. The highest BCUT2D eigenvalue weighted by Gasteiger charge is 2.28. The second kappa shape index (κ2) is 7.89. The van der Waals surface area contributed by atoms with Gasteiger partial charge in [0.15, 0.2) is 0 Å². The van der Waals surface area contributed by atoms with Crippen molar-refractivity contribution in [1.82, 2.24) is 9.88 Å². The highest BCUT2D eigenvalue weighted by atomic mass is 79.9. The van der Waals surface area contributed by atoms with E-state index in [4.69, 9.17) is 0 Å². The number of carbonyl (C=O) groups excluding carboxylic acids is 1. The summed E-state index contributed by atoms with van der Waals surface area (Å²) in [7, 11) is 0. The van der Waals surface area contributed by atoms with Gasteiger partial charge in [0.2, 0.25) is 5.43 Å². The maximum atomic E-state index is 12.9. The average Bonchev–Trinajstić information content (AvgIpc) is 3.10. The van der Waals surface area contributed by atoms with Crippen molar-refractivity contribution in [2.45, 2.75) is 38.0 Å². The molecule has 6 heteroatoms. The lowest BCUT2D eigenvalue weighted by Crippen LogP contribution is -2.41. The number of rotatable bonds is 4. The highest BCUT2D eigenvalue weighted by Crippen LogP contribution is 2.20. The molecule has 1 fully saturated rings. The molecule has 0 radical (unpaired) electrons. The number of fused-ring (bicyclic) bond motifs is 1. The number of pyridine rings is 1. The minimum atomic E-state index is -0.547. The largest absolute Gasteiger partial charge is 0.391 e. The number of hydrogen-bond donors (Lipinski definition) is 2. The van der Waals surface area contributed by atoms with Gasteiger partial charge in [0.25, 0.3) is 5.91 Å². The number of nitrogens with zero attached hydrogens (tertiary/aromatic N) is 1. The van der Waals surface area contributed by atoms with Crippen molar-refractivity contribution >= 4 is 32.7 Å². The second-order valence-electron chi connectivity index (χ2n) is 7.22. The second-order valence-corrected chi connectivity index (χ2v) is 8.14. The number of amides is 1. The molecule has 0 bridgehead atoms. The molecule has 1 aliphatic rings. The Labute approximate surface area is 171 Å². The fraction of sp³-hybridized carbons (Fsp3) is 0.273. The Hall–Kier alpha value is -2.44. The van der Waals surface area contributed by atoms with Gasteiger partial charge < -0.3 is 15.0 Å².